The number of thioether (sulfide) groups is 1. The molecule has 1 saturated heterocycles. The SMILES string of the molecule is Cc1ccc(S[C@@H](C)C(=O)N[C@@H]2CCS(=O)(=O)C2)cc1C. The lowest BCUT2D eigenvalue weighted by molar-refractivity contribution is -0.120. The van der Waals surface area contributed by atoms with Crippen LogP contribution in [0, 0.1) is 13.8 Å². The summed E-state index contributed by atoms with van der Waals surface area (Å²) in [6.07, 6.45) is 0.523. The van der Waals surface area contributed by atoms with E-state index in [9.17, 15) is 13.2 Å². The molecule has 1 N–H and O–H groups in total. The summed E-state index contributed by atoms with van der Waals surface area (Å²) >= 11 is 1.50. The number of aryl methyl sites for hydroxylation is 2. The predicted molar refractivity (Wildman–Crippen MR) is 86.4 cm³/mol. The highest BCUT2D eigenvalue weighted by molar-refractivity contribution is 8.00. The number of hydrogen-bond acceptors (Lipinski definition) is 4. The highest BCUT2D eigenvalue weighted by Gasteiger charge is 2.30. The summed E-state index contributed by atoms with van der Waals surface area (Å²) in [5.41, 5.74) is 2.43. The van der Waals surface area contributed by atoms with Crippen LogP contribution in [0.5, 0.6) is 0 Å². The van der Waals surface area contributed by atoms with Crippen LogP contribution in [-0.4, -0.2) is 37.1 Å². The summed E-state index contributed by atoms with van der Waals surface area (Å²) < 4.78 is 22.8. The molecule has 4 nitrogen and oxygen atoms in total. The second-order valence-corrected chi connectivity index (χ2v) is 9.26. The Hall–Kier alpha value is -1.01. The Bertz CT molecular complexity index is 640. The van der Waals surface area contributed by atoms with Crippen LogP contribution in [0.1, 0.15) is 24.5 Å². The summed E-state index contributed by atoms with van der Waals surface area (Å²) in [4.78, 5) is 13.2. The van der Waals surface area contributed by atoms with Crippen LogP contribution in [-0.2, 0) is 14.6 Å². The molecule has 21 heavy (non-hydrogen) atoms. The number of amides is 1. The normalized spacial score (nSPS) is 22.0. The van der Waals surface area contributed by atoms with Crippen molar-refractivity contribution in [3.63, 3.8) is 0 Å². The van der Waals surface area contributed by atoms with Gasteiger partial charge in [-0.3, -0.25) is 4.79 Å². The topological polar surface area (TPSA) is 63.2 Å². The summed E-state index contributed by atoms with van der Waals surface area (Å²) in [6, 6.07) is 5.90. The molecule has 1 aliphatic heterocycles. The lowest BCUT2D eigenvalue weighted by atomic mass is 10.1. The van der Waals surface area contributed by atoms with Crippen molar-refractivity contribution in [3.05, 3.63) is 29.3 Å². The Morgan fingerprint density at radius 3 is 2.62 bits per heavy atom. The predicted octanol–water partition coefficient (Wildman–Crippen LogP) is 2.09. The first-order valence-corrected chi connectivity index (χ1v) is 9.71. The number of nitrogens with one attached hydrogen (secondary N) is 1. The quantitative estimate of drug-likeness (QED) is 0.860. The third-order valence-corrected chi connectivity index (χ3v) is 6.60. The molecule has 0 unspecified atom stereocenters. The van der Waals surface area contributed by atoms with E-state index < -0.39 is 9.84 Å². The Balaban J connectivity index is 1.92. The van der Waals surface area contributed by atoms with E-state index in [0.717, 1.165) is 4.90 Å². The zero-order chi connectivity index (χ0) is 15.6. The lowest BCUT2D eigenvalue weighted by Crippen LogP contribution is -2.39. The van der Waals surface area contributed by atoms with E-state index in [2.05, 4.69) is 18.3 Å². The number of rotatable bonds is 4. The smallest absolute Gasteiger partial charge is 0.233 e. The maximum Gasteiger partial charge on any atom is 0.233 e. The van der Waals surface area contributed by atoms with Gasteiger partial charge < -0.3 is 5.32 Å². The van der Waals surface area contributed by atoms with Crippen molar-refractivity contribution < 1.29 is 13.2 Å². The molecular weight excluding hydrogens is 306 g/mol. The summed E-state index contributed by atoms with van der Waals surface area (Å²) in [5.74, 6) is 0.150. The first-order chi connectivity index (χ1) is 9.77. The molecular formula is C15H21NO3S2. The van der Waals surface area contributed by atoms with Gasteiger partial charge in [0.15, 0.2) is 9.84 Å². The highest BCUT2D eigenvalue weighted by Crippen LogP contribution is 2.25. The number of benzene rings is 1. The minimum Gasteiger partial charge on any atom is -0.351 e. The van der Waals surface area contributed by atoms with Crippen LogP contribution in [0.2, 0.25) is 0 Å². The molecule has 2 rings (SSSR count). The van der Waals surface area contributed by atoms with Gasteiger partial charge in [-0.05, 0) is 50.5 Å². The molecule has 0 saturated carbocycles. The van der Waals surface area contributed by atoms with E-state index in [0.29, 0.717) is 6.42 Å². The van der Waals surface area contributed by atoms with Gasteiger partial charge in [0, 0.05) is 10.9 Å². The van der Waals surface area contributed by atoms with Gasteiger partial charge in [0.25, 0.3) is 0 Å². The zero-order valence-electron chi connectivity index (χ0n) is 12.5. The van der Waals surface area contributed by atoms with Gasteiger partial charge in [0.1, 0.15) is 0 Å². The van der Waals surface area contributed by atoms with Crippen molar-refractivity contribution in [2.45, 2.75) is 43.4 Å². The molecule has 0 spiro atoms. The number of sulfone groups is 1. The van der Waals surface area contributed by atoms with Gasteiger partial charge in [-0.2, -0.15) is 0 Å². The van der Waals surface area contributed by atoms with Crippen LogP contribution >= 0.6 is 11.8 Å². The fraction of sp³-hybridized carbons (Fsp3) is 0.533. The maximum atomic E-state index is 12.1. The van der Waals surface area contributed by atoms with Crippen LogP contribution in [0.15, 0.2) is 23.1 Å². The first kappa shape index (κ1) is 16.4. The van der Waals surface area contributed by atoms with Crippen molar-refractivity contribution in [2.24, 2.45) is 0 Å². The molecule has 116 valence electrons. The van der Waals surface area contributed by atoms with Crippen LogP contribution < -0.4 is 5.32 Å². The van der Waals surface area contributed by atoms with E-state index in [-0.39, 0.29) is 28.7 Å². The summed E-state index contributed by atoms with van der Waals surface area (Å²) in [6.45, 7) is 5.95. The van der Waals surface area contributed by atoms with E-state index in [1.807, 2.05) is 26.0 Å². The minimum absolute atomic E-state index is 0.0692. The van der Waals surface area contributed by atoms with E-state index in [4.69, 9.17) is 0 Å². The van der Waals surface area contributed by atoms with Crippen molar-refractivity contribution >= 4 is 27.5 Å². The third-order valence-electron chi connectivity index (χ3n) is 3.74. The van der Waals surface area contributed by atoms with E-state index in [1.54, 1.807) is 0 Å². The van der Waals surface area contributed by atoms with Crippen molar-refractivity contribution in [1.29, 1.82) is 0 Å². The fourth-order valence-corrected chi connectivity index (χ4v) is 4.92. The molecule has 1 aromatic carbocycles. The van der Waals surface area contributed by atoms with Crippen LogP contribution in [0.4, 0.5) is 0 Å². The molecule has 0 aliphatic carbocycles. The molecule has 0 bridgehead atoms. The van der Waals surface area contributed by atoms with Gasteiger partial charge in [-0.25, -0.2) is 8.42 Å². The minimum atomic E-state index is -2.96. The van der Waals surface area contributed by atoms with Gasteiger partial charge in [-0.15, -0.1) is 11.8 Å². The average molecular weight is 327 g/mol. The van der Waals surface area contributed by atoms with Crippen molar-refractivity contribution in [3.8, 4) is 0 Å². The zero-order valence-corrected chi connectivity index (χ0v) is 14.2. The highest BCUT2D eigenvalue weighted by atomic mass is 32.2. The molecule has 1 fully saturated rings. The summed E-state index contributed by atoms with van der Waals surface area (Å²) in [7, 11) is -2.96. The van der Waals surface area contributed by atoms with Crippen molar-refractivity contribution in [1.82, 2.24) is 5.32 Å². The Morgan fingerprint density at radius 1 is 1.33 bits per heavy atom. The van der Waals surface area contributed by atoms with Crippen LogP contribution in [0.25, 0.3) is 0 Å². The Morgan fingerprint density at radius 2 is 2.05 bits per heavy atom. The first-order valence-electron chi connectivity index (χ1n) is 7.01. The van der Waals surface area contributed by atoms with Crippen molar-refractivity contribution in [2.75, 3.05) is 11.5 Å². The largest absolute Gasteiger partial charge is 0.351 e. The molecule has 1 aromatic rings. The number of carbonyl (C=O) groups excluding carboxylic acids is 1. The Kier molecular flexibility index (Phi) is 4.99. The summed E-state index contributed by atoms with van der Waals surface area (Å²) in [5, 5.41) is 2.60. The van der Waals surface area contributed by atoms with E-state index >= 15 is 0 Å². The third kappa shape index (κ3) is 4.48. The molecule has 1 heterocycles. The average Bonchev–Trinajstić information content (AvgIpc) is 2.73. The number of carbonyl (C=O) groups is 1. The molecule has 0 aromatic heterocycles. The van der Waals surface area contributed by atoms with E-state index in [1.165, 1.54) is 22.9 Å². The number of hydrogen-bond donors (Lipinski definition) is 1. The van der Waals surface area contributed by atoms with Gasteiger partial charge >= 0.3 is 0 Å². The van der Waals surface area contributed by atoms with Gasteiger partial charge in [0.2, 0.25) is 5.91 Å². The fourth-order valence-electron chi connectivity index (χ4n) is 2.27. The lowest BCUT2D eigenvalue weighted by Gasteiger charge is -2.16. The standard InChI is InChI=1S/C15H21NO3S2/c1-10-4-5-14(8-11(10)2)20-12(3)15(17)16-13-6-7-21(18,19)9-13/h4-5,8,12-13H,6-7,9H2,1-3H3,(H,16,17)/t12-,13+/m0/s1. The molecule has 1 amide bonds. The van der Waals surface area contributed by atoms with Gasteiger partial charge in [0.05, 0.1) is 16.8 Å². The second-order valence-electron chi connectivity index (χ2n) is 5.61. The van der Waals surface area contributed by atoms with Gasteiger partial charge in [-0.1, -0.05) is 6.07 Å². The second kappa shape index (κ2) is 6.40. The molecule has 6 heteroatoms. The molecule has 1 aliphatic rings. The Labute approximate surface area is 130 Å². The van der Waals surface area contributed by atoms with Crippen LogP contribution in [0.3, 0.4) is 0 Å². The molecule has 2 atom stereocenters. The maximum absolute atomic E-state index is 12.1. The molecule has 0 radical (unpaired) electrons. The monoisotopic (exact) mass is 327 g/mol.